The third-order valence-electron chi connectivity index (χ3n) is 1.45. The van der Waals surface area contributed by atoms with Crippen molar-refractivity contribution in [2.75, 3.05) is 0 Å². The number of rotatable bonds is 0. The fourth-order valence-corrected chi connectivity index (χ4v) is 1.66. The Hall–Kier alpha value is -0.480. The molecule has 2 rings (SSSR count). The zero-order valence-electron chi connectivity index (χ0n) is 5.50. The van der Waals surface area contributed by atoms with E-state index < -0.39 is 0 Å². The second-order valence-electron chi connectivity index (χ2n) is 2.19. The SMILES string of the molecule is Sc1nc2cccc(Br)c2[nH]1. The summed E-state index contributed by atoms with van der Waals surface area (Å²) < 4.78 is 1.02. The molecule has 1 heterocycles. The summed E-state index contributed by atoms with van der Waals surface area (Å²) >= 11 is 7.51. The van der Waals surface area contributed by atoms with E-state index >= 15 is 0 Å². The van der Waals surface area contributed by atoms with E-state index in [9.17, 15) is 0 Å². The van der Waals surface area contributed by atoms with Gasteiger partial charge in [0.05, 0.1) is 11.0 Å². The smallest absolute Gasteiger partial charge is 0.163 e. The maximum Gasteiger partial charge on any atom is 0.163 e. The Bertz CT molecular complexity index is 396. The molecule has 1 N–H and O–H groups in total. The van der Waals surface area contributed by atoms with E-state index in [2.05, 4.69) is 38.5 Å². The fourth-order valence-electron chi connectivity index (χ4n) is 0.984. The molecule has 1 aromatic heterocycles. The van der Waals surface area contributed by atoms with Crippen molar-refractivity contribution >= 4 is 39.6 Å². The van der Waals surface area contributed by atoms with Crippen molar-refractivity contribution in [3.05, 3.63) is 22.7 Å². The van der Waals surface area contributed by atoms with Gasteiger partial charge in [-0.25, -0.2) is 4.98 Å². The summed E-state index contributed by atoms with van der Waals surface area (Å²) in [7, 11) is 0. The van der Waals surface area contributed by atoms with Gasteiger partial charge in [-0.1, -0.05) is 6.07 Å². The van der Waals surface area contributed by atoms with E-state index in [4.69, 9.17) is 0 Å². The van der Waals surface area contributed by atoms with Crippen molar-refractivity contribution in [2.24, 2.45) is 0 Å². The summed E-state index contributed by atoms with van der Waals surface area (Å²) in [5.74, 6) is 0. The molecule has 0 aliphatic carbocycles. The van der Waals surface area contributed by atoms with Gasteiger partial charge in [0.2, 0.25) is 0 Å². The lowest BCUT2D eigenvalue weighted by Crippen LogP contribution is -1.69. The molecule has 0 unspecified atom stereocenters. The first-order valence-electron chi connectivity index (χ1n) is 3.10. The van der Waals surface area contributed by atoms with E-state index in [1.165, 1.54) is 0 Å². The minimum atomic E-state index is 0.645. The lowest BCUT2D eigenvalue weighted by atomic mass is 10.3. The van der Waals surface area contributed by atoms with Crippen molar-refractivity contribution in [3.8, 4) is 0 Å². The quantitative estimate of drug-likeness (QED) is 0.668. The van der Waals surface area contributed by atoms with Crippen LogP contribution < -0.4 is 0 Å². The number of fused-ring (bicyclic) bond motifs is 1. The molecule has 2 aromatic rings. The van der Waals surface area contributed by atoms with Crippen LogP contribution in [-0.2, 0) is 0 Å². The highest BCUT2D eigenvalue weighted by Gasteiger charge is 2.00. The second-order valence-corrected chi connectivity index (χ2v) is 3.47. The zero-order chi connectivity index (χ0) is 7.84. The molecule has 0 bridgehead atoms. The van der Waals surface area contributed by atoms with E-state index in [0.717, 1.165) is 15.5 Å². The molecule has 11 heavy (non-hydrogen) atoms. The molecule has 0 radical (unpaired) electrons. The first-order valence-corrected chi connectivity index (χ1v) is 4.34. The summed E-state index contributed by atoms with van der Waals surface area (Å²) in [5, 5.41) is 0.645. The highest BCUT2D eigenvalue weighted by molar-refractivity contribution is 9.10. The van der Waals surface area contributed by atoms with Gasteiger partial charge in [0.25, 0.3) is 0 Å². The summed E-state index contributed by atoms with van der Waals surface area (Å²) in [6, 6.07) is 5.85. The molecule has 4 heteroatoms. The topological polar surface area (TPSA) is 28.7 Å². The number of H-pyrrole nitrogens is 1. The van der Waals surface area contributed by atoms with Gasteiger partial charge < -0.3 is 4.98 Å². The minimum absolute atomic E-state index is 0.645. The van der Waals surface area contributed by atoms with E-state index in [0.29, 0.717) is 5.16 Å². The van der Waals surface area contributed by atoms with Gasteiger partial charge in [0.15, 0.2) is 5.16 Å². The Morgan fingerprint density at radius 2 is 2.27 bits per heavy atom. The van der Waals surface area contributed by atoms with Crippen LogP contribution in [0.3, 0.4) is 0 Å². The highest BCUT2D eigenvalue weighted by atomic mass is 79.9. The molecular weight excluding hydrogens is 224 g/mol. The van der Waals surface area contributed by atoms with Gasteiger partial charge in [-0.15, -0.1) is 12.6 Å². The number of imidazole rings is 1. The van der Waals surface area contributed by atoms with Crippen LogP contribution in [0, 0.1) is 0 Å². The maximum absolute atomic E-state index is 4.15. The average Bonchev–Trinajstić information content (AvgIpc) is 2.31. The predicted octanol–water partition coefficient (Wildman–Crippen LogP) is 2.61. The molecule has 0 saturated heterocycles. The Kier molecular flexibility index (Phi) is 1.65. The molecule has 0 aliphatic rings. The Morgan fingerprint density at radius 3 is 3.00 bits per heavy atom. The van der Waals surface area contributed by atoms with Crippen molar-refractivity contribution in [1.29, 1.82) is 0 Å². The van der Waals surface area contributed by atoms with Crippen LogP contribution >= 0.6 is 28.6 Å². The fraction of sp³-hybridized carbons (Fsp3) is 0. The number of halogens is 1. The van der Waals surface area contributed by atoms with Crippen LogP contribution in [0.5, 0.6) is 0 Å². The molecule has 0 amide bonds. The van der Waals surface area contributed by atoms with E-state index in [1.54, 1.807) is 0 Å². The number of para-hydroxylation sites is 1. The molecule has 2 nitrogen and oxygen atoms in total. The zero-order valence-corrected chi connectivity index (χ0v) is 7.98. The largest absolute Gasteiger partial charge is 0.332 e. The highest BCUT2D eigenvalue weighted by Crippen LogP contribution is 2.22. The van der Waals surface area contributed by atoms with Gasteiger partial charge >= 0.3 is 0 Å². The molecule has 1 aromatic carbocycles. The van der Waals surface area contributed by atoms with Crippen molar-refractivity contribution in [1.82, 2.24) is 9.97 Å². The molecule has 0 fully saturated rings. The van der Waals surface area contributed by atoms with Crippen LogP contribution in [0.25, 0.3) is 11.0 Å². The number of hydrogen-bond acceptors (Lipinski definition) is 2. The number of benzene rings is 1. The first-order chi connectivity index (χ1) is 5.27. The van der Waals surface area contributed by atoms with Gasteiger partial charge in [0.1, 0.15) is 0 Å². The van der Waals surface area contributed by atoms with Crippen LogP contribution in [0.4, 0.5) is 0 Å². The van der Waals surface area contributed by atoms with Gasteiger partial charge in [-0.2, -0.15) is 0 Å². The molecule has 0 saturated carbocycles. The predicted molar refractivity (Wildman–Crippen MR) is 51.0 cm³/mol. The third-order valence-corrected chi connectivity index (χ3v) is 2.33. The number of nitrogens with zero attached hydrogens (tertiary/aromatic N) is 1. The van der Waals surface area contributed by atoms with E-state index in [1.807, 2.05) is 18.2 Å². The van der Waals surface area contributed by atoms with Gasteiger partial charge in [-0.3, -0.25) is 0 Å². The Balaban J connectivity index is 2.90. The van der Waals surface area contributed by atoms with Crippen molar-refractivity contribution in [3.63, 3.8) is 0 Å². The Labute approximate surface area is 77.6 Å². The number of aromatic nitrogens is 2. The lowest BCUT2D eigenvalue weighted by Gasteiger charge is -1.89. The van der Waals surface area contributed by atoms with Crippen LogP contribution in [-0.4, -0.2) is 9.97 Å². The average molecular weight is 229 g/mol. The number of nitrogens with one attached hydrogen (secondary N) is 1. The van der Waals surface area contributed by atoms with Crippen LogP contribution in [0.2, 0.25) is 0 Å². The van der Waals surface area contributed by atoms with Crippen molar-refractivity contribution < 1.29 is 0 Å². The standard InChI is InChI=1S/C7H5BrN2S/c8-4-2-1-3-5-6(4)10-7(11)9-5/h1-3H,(H2,9,10,11). The van der Waals surface area contributed by atoms with Gasteiger partial charge in [-0.05, 0) is 28.1 Å². The van der Waals surface area contributed by atoms with Gasteiger partial charge in [0, 0.05) is 4.47 Å². The second kappa shape index (κ2) is 2.53. The number of thiol groups is 1. The Morgan fingerprint density at radius 1 is 1.45 bits per heavy atom. The first kappa shape index (κ1) is 7.18. The third kappa shape index (κ3) is 1.16. The normalized spacial score (nSPS) is 10.7. The maximum atomic E-state index is 4.15. The molecule has 0 aliphatic heterocycles. The number of aromatic amines is 1. The molecule has 0 spiro atoms. The molecular formula is C7H5BrN2S. The van der Waals surface area contributed by atoms with Crippen LogP contribution in [0.1, 0.15) is 0 Å². The molecule has 0 atom stereocenters. The summed E-state index contributed by atoms with van der Waals surface area (Å²) in [6.07, 6.45) is 0. The summed E-state index contributed by atoms with van der Waals surface area (Å²) in [6.45, 7) is 0. The summed E-state index contributed by atoms with van der Waals surface area (Å²) in [4.78, 5) is 7.19. The van der Waals surface area contributed by atoms with E-state index in [-0.39, 0.29) is 0 Å². The van der Waals surface area contributed by atoms with Crippen LogP contribution in [0.15, 0.2) is 27.8 Å². The number of hydrogen-bond donors (Lipinski definition) is 2. The minimum Gasteiger partial charge on any atom is -0.332 e. The summed E-state index contributed by atoms with van der Waals surface area (Å²) in [5.41, 5.74) is 1.93. The molecule has 56 valence electrons. The van der Waals surface area contributed by atoms with Crippen molar-refractivity contribution in [2.45, 2.75) is 5.16 Å². The monoisotopic (exact) mass is 228 g/mol. The lowest BCUT2D eigenvalue weighted by molar-refractivity contribution is 1.09.